The SMILES string of the molecule is CC1CCC(CNc2ccc(C(F)(F)F)nc2)CC1. The number of rotatable bonds is 3. The Bertz CT molecular complexity index is 392. The van der Waals surface area contributed by atoms with E-state index in [1.54, 1.807) is 0 Å². The first kappa shape index (κ1) is 14.2. The van der Waals surface area contributed by atoms with Crippen LogP contribution in [0.2, 0.25) is 0 Å². The molecule has 2 rings (SSSR count). The number of halogens is 3. The van der Waals surface area contributed by atoms with E-state index in [0.717, 1.165) is 18.5 Å². The highest BCUT2D eigenvalue weighted by Gasteiger charge is 2.32. The highest BCUT2D eigenvalue weighted by atomic mass is 19.4. The van der Waals surface area contributed by atoms with E-state index in [1.807, 2.05) is 0 Å². The molecule has 1 aliphatic rings. The maximum Gasteiger partial charge on any atom is 0.433 e. The summed E-state index contributed by atoms with van der Waals surface area (Å²) in [7, 11) is 0. The van der Waals surface area contributed by atoms with E-state index in [1.165, 1.54) is 37.9 Å². The summed E-state index contributed by atoms with van der Waals surface area (Å²) in [5.74, 6) is 1.43. The summed E-state index contributed by atoms with van der Waals surface area (Å²) < 4.78 is 37.0. The first-order chi connectivity index (χ1) is 8.95. The number of pyridine rings is 1. The van der Waals surface area contributed by atoms with Crippen molar-refractivity contribution in [3.05, 3.63) is 24.0 Å². The highest BCUT2D eigenvalue weighted by Crippen LogP contribution is 2.29. The fourth-order valence-electron chi connectivity index (χ4n) is 2.46. The summed E-state index contributed by atoms with van der Waals surface area (Å²) in [4.78, 5) is 3.44. The van der Waals surface area contributed by atoms with Crippen LogP contribution in [0.25, 0.3) is 0 Å². The fraction of sp³-hybridized carbons (Fsp3) is 0.643. The van der Waals surface area contributed by atoms with Crippen LogP contribution < -0.4 is 5.32 Å². The van der Waals surface area contributed by atoms with Crippen molar-refractivity contribution in [1.29, 1.82) is 0 Å². The minimum absolute atomic E-state index is 0.624. The maximum absolute atomic E-state index is 12.3. The zero-order chi connectivity index (χ0) is 13.9. The van der Waals surface area contributed by atoms with Crippen molar-refractivity contribution in [2.24, 2.45) is 11.8 Å². The molecule has 0 saturated heterocycles. The molecule has 1 fully saturated rings. The summed E-state index contributed by atoms with van der Waals surface area (Å²) in [6, 6.07) is 2.46. The number of hydrogen-bond donors (Lipinski definition) is 1. The van der Waals surface area contributed by atoms with Gasteiger partial charge in [-0.05, 0) is 36.8 Å². The molecule has 19 heavy (non-hydrogen) atoms. The van der Waals surface area contributed by atoms with Crippen LogP contribution in [0.3, 0.4) is 0 Å². The highest BCUT2D eigenvalue weighted by molar-refractivity contribution is 5.41. The lowest BCUT2D eigenvalue weighted by Crippen LogP contribution is -2.20. The summed E-state index contributed by atoms with van der Waals surface area (Å²) in [5, 5.41) is 3.18. The molecule has 0 atom stereocenters. The first-order valence-electron chi connectivity index (χ1n) is 6.72. The average molecular weight is 272 g/mol. The second-order valence-electron chi connectivity index (χ2n) is 5.44. The van der Waals surface area contributed by atoms with Gasteiger partial charge in [0.15, 0.2) is 0 Å². The molecular weight excluding hydrogens is 253 g/mol. The van der Waals surface area contributed by atoms with Crippen molar-refractivity contribution in [3.63, 3.8) is 0 Å². The van der Waals surface area contributed by atoms with Gasteiger partial charge in [0.25, 0.3) is 0 Å². The Morgan fingerprint density at radius 3 is 2.42 bits per heavy atom. The zero-order valence-electron chi connectivity index (χ0n) is 11.0. The molecule has 0 unspecified atom stereocenters. The van der Waals surface area contributed by atoms with E-state index < -0.39 is 11.9 Å². The zero-order valence-corrected chi connectivity index (χ0v) is 11.0. The standard InChI is InChI=1S/C14H19F3N2/c1-10-2-4-11(5-3-10)8-18-12-6-7-13(19-9-12)14(15,16)17/h6-7,9-11,18H,2-5,8H2,1H3. The normalized spacial score (nSPS) is 24.2. The number of alkyl halides is 3. The largest absolute Gasteiger partial charge is 0.433 e. The predicted molar refractivity (Wildman–Crippen MR) is 68.9 cm³/mol. The van der Waals surface area contributed by atoms with Crippen LogP contribution in [-0.2, 0) is 6.18 Å². The molecule has 5 heteroatoms. The van der Waals surface area contributed by atoms with E-state index in [2.05, 4.69) is 17.2 Å². The molecule has 0 radical (unpaired) electrons. The van der Waals surface area contributed by atoms with Crippen molar-refractivity contribution in [2.45, 2.75) is 38.8 Å². The molecule has 1 aromatic rings. The summed E-state index contributed by atoms with van der Waals surface area (Å²) in [5.41, 5.74) is -0.184. The Morgan fingerprint density at radius 1 is 1.21 bits per heavy atom. The van der Waals surface area contributed by atoms with Crippen molar-refractivity contribution < 1.29 is 13.2 Å². The maximum atomic E-state index is 12.3. The lowest BCUT2D eigenvalue weighted by Gasteiger charge is -2.26. The van der Waals surface area contributed by atoms with Crippen molar-refractivity contribution >= 4 is 5.69 Å². The van der Waals surface area contributed by atoms with Crippen molar-refractivity contribution in [1.82, 2.24) is 4.98 Å². The third-order valence-electron chi connectivity index (χ3n) is 3.78. The molecule has 1 heterocycles. The molecule has 0 amide bonds. The van der Waals surface area contributed by atoms with E-state index in [9.17, 15) is 13.2 Å². The average Bonchev–Trinajstić information content (AvgIpc) is 2.37. The van der Waals surface area contributed by atoms with E-state index >= 15 is 0 Å². The number of hydrogen-bond acceptors (Lipinski definition) is 2. The Hall–Kier alpha value is -1.26. The second-order valence-corrected chi connectivity index (χ2v) is 5.44. The monoisotopic (exact) mass is 272 g/mol. The van der Waals surface area contributed by atoms with Gasteiger partial charge in [0.1, 0.15) is 5.69 Å². The van der Waals surface area contributed by atoms with Crippen LogP contribution >= 0.6 is 0 Å². The van der Waals surface area contributed by atoms with Crippen molar-refractivity contribution in [3.8, 4) is 0 Å². The molecule has 0 spiro atoms. The lowest BCUT2D eigenvalue weighted by atomic mass is 9.83. The number of nitrogens with one attached hydrogen (secondary N) is 1. The van der Waals surface area contributed by atoms with Gasteiger partial charge in [-0.3, -0.25) is 0 Å². The van der Waals surface area contributed by atoms with Crippen LogP contribution in [0.5, 0.6) is 0 Å². The van der Waals surface area contributed by atoms with Crippen LogP contribution in [0.15, 0.2) is 18.3 Å². The Balaban J connectivity index is 1.83. The molecule has 1 N–H and O–H groups in total. The molecule has 0 bridgehead atoms. The minimum atomic E-state index is -4.36. The quantitative estimate of drug-likeness (QED) is 0.885. The predicted octanol–water partition coefficient (Wildman–Crippen LogP) is 4.34. The van der Waals surface area contributed by atoms with Crippen LogP contribution in [0.4, 0.5) is 18.9 Å². The van der Waals surface area contributed by atoms with E-state index in [4.69, 9.17) is 0 Å². The number of anilines is 1. The Morgan fingerprint density at radius 2 is 1.89 bits per heavy atom. The van der Waals surface area contributed by atoms with Gasteiger partial charge in [0.2, 0.25) is 0 Å². The summed E-state index contributed by atoms with van der Waals surface area (Å²) >= 11 is 0. The van der Waals surface area contributed by atoms with Gasteiger partial charge in [0.05, 0.1) is 11.9 Å². The van der Waals surface area contributed by atoms with Gasteiger partial charge in [0, 0.05) is 6.54 Å². The third kappa shape index (κ3) is 4.11. The Kier molecular flexibility index (Phi) is 4.32. The molecule has 106 valence electrons. The van der Waals surface area contributed by atoms with Crippen LogP contribution in [0.1, 0.15) is 38.3 Å². The molecule has 0 aliphatic heterocycles. The third-order valence-corrected chi connectivity index (χ3v) is 3.78. The van der Waals surface area contributed by atoms with Gasteiger partial charge < -0.3 is 5.32 Å². The Labute approximate surface area is 111 Å². The van der Waals surface area contributed by atoms with Gasteiger partial charge >= 0.3 is 6.18 Å². The topological polar surface area (TPSA) is 24.9 Å². The molecule has 1 saturated carbocycles. The molecule has 1 aliphatic carbocycles. The van der Waals surface area contributed by atoms with E-state index in [-0.39, 0.29) is 0 Å². The minimum Gasteiger partial charge on any atom is -0.384 e. The summed E-state index contributed by atoms with van der Waals surface area (Å²) in [6.07, 6.45) is 1.78. The number of aromatic nitrogens is 1. The van der Waals surface area contributed by atoms with Gasteiger partial charge in [-0.25, -0.2) is 4.98 Å². The summed E-state index contributed by atoms with van der Waals surface area (Å²) in [6.45, 7) is 3.09. The molecular formula is C14H19F3N2. The fourth-order valence-corrected chi connectivity index (χ4v) is 2.46. The molecule has 2 nitrogen and oxygen atoms in total. The van der Waals surface area contributed by atoms with E-state index in [0.29, 0.717) is 11.6 Å². The van der Waals surface area contributed by atoms with Crippen LogP contribution in [-0.4, -0.2) is 11.5 Å². The van der Waals surface area contributed by atoms with Gasteiger partial charge in [-0.1, -0.05) is 19.8 Å². The van der Waals surface area contributed by atoms with Gasteiger partial charge in [-0.15, -0.1) is 0 Å². The molecule has 1 aromatic heterocycles. The van der Waals surface area contributed by atoms with Crippen molar-refractivity contribution in [2.75, 3.05) is 11.9 Å². The second kappa shape index (κ2) is 5.80. The first-order valence-corrected chi connectivity index (χ1v) is 6.72. The van der Waals surface area contributed by atoms with Crippen LogP contribution in [0, 0.1) is 11.8 Å². The number of nitrogens with zero attached hydrogens (tertiary/aromatic N) is 1. The lowest BCUT2D eigenvalue weighted by molar-refractivity contribution is -0.141. The molecule has 0 aromatic carbocycles. The van der Waals surface area contributed by atoms with Gasteiger partial charge in [-0.2, -0.15) is 13.2 Å². The smallest absolute Gasteiger partial charge is 0.384 e.